The number of aliphatic hydroxyl groups is 1. The third-order valence-electron chi connectivity index (χ3n) is 1.69. The van der Waals surface area contributed by atoms with E-state index in [1.807, 2.05) is 11.8 Å². The Kier molecular flexibility index (Phi) is 8.57. The SMILES string of the molecule is CCN(CCCO)CCSC. The first-order chi connectivity index (χ1) is 5.35. The molecule has 0 aromatic rings. The lowest BCUT2D eigenvalue weighted by molar-refractivity contribution is 0.237. The van der Waals surface area contributed by atoms with Crippen molar-refractivity contribution in [2.75, 3.05) is 38.2 Å². The van der Waals surface area contributed by atoms with Crippen LogP contribution in [0.1, 0.15) is 13.3 Å². The summed E-state index contributed by atoms with van der Waals surface area (Å²) in [4.78, 5) is 2.37. The predicted octanol–water partition coefficient (Wildman–Crippen LogP) is 1.05. The minimum absolute atomic E-state index is 0.315. The van der Waals surface area contributed by atoms with Crippen molar-refractivity contribution in [3.05, 3.63) is 0 Å². The summed E-state index contributed by atoms with van der Waals surface area (Å²) in [6, 6.07) is 0. The van der Waals surface area contributed by atoms with E-state index in [1.165, 1.54) is 5.75 Å². The molecule has 0 rings (SSSR count). The summed E-state index contributed by atoms with van der Waals surface area (Å²) in [5, 5.41) is 8.60. The molecule has 0 aromatic carbocycles. The maximum atomic E-state index is 8.60. The van der Waals surface area contributed by atoms with Crippen LogP contribution in [0.4, 0.5) is 0 Å². The highest BCUT2D eigenvalue weighted by atomic mass is 32.2. The van der Waals surface area contributed by atoms with E-state index in [9.17, 15) is 0 Å². The van der Waals surface area contributed by atoms with Gasteiger partial charge >= 0.3 is 0 Å². The Hall–Kier alpha value is 0.270. The second kappa shape index (κ2) is 8.37. The zero-order valence-corrected chi connectivity index (χ0v) is 8.36. The highest BCUT2D eigenvalue weighted by molar-refractivity contribution is 7.98. The third-order valence-corrected chi connectivity index (χ3v) is 2.28. The number of hydrogen-bond acceptors (Lipinski definition) is 3. The molecule has 0 amide bonds. The molecule has 0 aromatic heterocycles. The van der Waals surface area contributed by atoms with Crippen LogP contribution in [-0.4, -0.2) is 48.3 Å². The second-order valence-corrected chi connectivity index (χ2v) is 3.49. The van der Waals surface area contributed by atoms with E-state index in [-0.39, 0.29) is 0 Å². The molecule has 3 heteroatoms. The van der Waals surface area contributed by atoms with E-state index in [2.05, 4.69) is 18.1 Å². The Morgan fingerprint density at radius 2 is 2.09 bits per heavy atom. The summed E-state index contributed by atoms with van der Waals surface area (Å²) in [5.74, 6) is 1.19. The summed E-state index contributed by atoms with van der Waals surface area (Å²) in [7, 11) is 0. The molecule has 11 heavy (non-hydrogen) atoms. The zero-order chi connectivity index (χ0) is 8.53. The predicted molar refractivity (Wildman–Crippen MR) is 52.2 cm³/mol. The van der Waals surface area contributed by atoms with Crippen molar-refractivity contribution < 1.29 is 5.11 Å². The van der Waals surface area contributed by atoms with Crippen LogP contribution in [-0.2, 0) is 0 Å². The van der Waals surface area contributed by atoms with Gasteiger partial charge in [-0.1, -0.05) is 6.92 Å². The second-order valence-electron chi connectivity index (χ2n) is 2.50. The van der Waals surface area contributed by atoms with Crippen molar-refractivity contribution in [3.8, 4) is 0 Å². The van der Waals surface area contributed by atoms with E-state index < -0.39 is 0 Å². The van der Waals surface area contributed by atoms with Gasteiger partial charge in [0.05, 0.1) is 0 Å². The van der Waals surface area contributed by atoms with Gasteiger partial charge in [0.1, 0.15) is 0 Å². The van der Waals surface area contributed by atoms with Crippen LogP contribution in [0.2, 0.25) is 0 Å². The first kappa shape index (κ1) is 11.3. The largest absolute Gasteiger partial charge is 0.396 e. The average Bonchev–Trinajstić information content (AvgIpc) is 2.05. The first-order valence-corrected chi connectivity index (χ1v) is 5.56. The fraction of sp³-hybridized carbons (Fsp3) is 1.00. The molecule has 0 saturated heterocycles. The Morgan fingerprint density at radius 1 is 1.36 bits per heavy atom. The van der Waals surface area contributed by atoms with E-state index in [1.54, 1.807) is 0 Å². The van der Waals surface area contributed by atoms with Gasteiger partial charge in [-0.3, -0.25) is 0 Å². The van der Waals surface area contributed by atoms with Gasteiger partial charge in [0, 0.05) is 25.4 Å². The Bertz CT molecular complexity index is 72.5. The lowest BCUT2D eigenvalue weighted by Gasteiger charge is -2.18. The van der Waals surface area contributed by atoms with E-state index in [4.69, 9.17) is 5.11 Å². The van der Waals surface area contributed by atoms with Crippen molar-refractivity contribution >= 4 is 11.8 Å². The number of thioether (sulfide) groups is 1. The molecule has 2 nitrogen and oxygen atoms in total. The van der Waals surface area contributed by atoms with Gasteiger partial charge in [0.25, 0.3) is 0 Å². The Balaban J connectivity index is 3.25. The Morgan fingerprint density at radius 3 is 2.55 bits per heavy atom. The summed E-state index contributed by atoms with van der Waals surface area (Å²) in [6.07, 6.45) is 3.03. The van der Waals surface area contributed by atoms with E-state index in [0.29, 0.717) is 6.61 Å². The highest BCUT2D eigenvalue weighted by Crippen LogP contribution is 1.96. The van der Waals surface area contributed by atoms with Crippen LogP contribution in [0.25, 0.3) is 0 Å². The number of aliphatic hydroxyl groups excluding tert-OH is 1. The summed E-state index contributed by atoms with van der Waals surface area (Å²) < 4.78 is 0. The number of rotatable bonds is 7. The molecular formula is C8H19NOS. The average molecular weight is 177 g/mol. The van der Waals surface area contributed by atoms with Gasteiger partial charge in [-0.15, -0.1) is 0 Å². The number of hydrogen-bond donors (Lipinski definition) is 1. The molecule has 0 fully saturated rings. The standard InChI is InChI=1S/C8H19NOS/c1-3-9(5-4-7-10)6-8-11-2/h10H,3-8H2,1-2H3. The van der Waals surface area contributed by atoms with Crippen LogP contribution in [0.3, 0.4) is 0 Å². The molecule has 0 aliphatic rings. The fourth-order valence-corrected chi connectivity index (χ4v) is 1.38. The molecule has 0 unspecified atom stereocenters. The summed E-state index contributed by atoms with van der Waals surface area (Å²) >= 11 is 1.87. The minimum atomic E-state index is 0.315. The van der Waals surface area contributed by atoms with E-state index in [0.717, 1.165) is 26.1 Å². The topological polar surface area (TPSA) is 23.5 Å². The highest BCUT2D eigenvalue weighted by Gasteiger charge is 1.99. The molecule has 0 radical (unpaired) electrons. The molecule has 0 heterocycles. The summed E-state index contributed by atoms with van der Waals surface area (Å²) in [6.45, 7) is 5.76. The van der Waals surface area contributed by atoms with Gasteiger partial charge < -0.3 is 10.0 Å². The monoisotopic (exact) mass is 177 g/mol. The maximum absolute atomic E-state index is 8.60. The molecule has 0 saturated carbocycles. The molecule has 68 valence electrons. The molecular weight excluding hydrogens is 158 g/mol. The lowest BCUT2D eigenvalue weighted by Crippen LogP contribution is -2.27. The number of nitrogens with zero attached hydrogens (tertiary/aromatic N) is 1. The molecule has 0 spiro atoms. The first-order valence-electron chi connectivity index (χ1n) is 4.17. The Labute approximate surface area is 74.0 Å². The van der Waals surface area contributed by atoms with Crippen molar-refractivity contribution in [1.29, 1.82) is 0 Å². The van der Waals surface area contributed by atoms with Gasteiger partial charge in [-0.25, -0.2) is 0 Å². The lowest BCUT2D eigenvalue weighted by atomic mass is 10.4. The molecule has 0 bridgehead atoms. The van der Waals surface area contributed by atoms with Crippen molar-refractivity contribution in [1.82, 2.24) is 4.90 Å². The smallest absolute Gasteiger partial charge is 0.0443 e. The summed E-state index contributed by atoms with van der Waals surface area (Å²) in [5.41, 5.74) is 0. The van der Waals surface area contributed by atoms with Crippen LogP contribution < -0.4 is 0 Å². The van der Waals surface area contributed by atoms with Crippen molar-refractivity contribution in [2.45, 2.75) is 13.3 Å². The maximum Gasteiger partial charge on any atom is 0.0443 e. The zero-order valence-electron chi connectivity index (χ0n) is 7.55. The molecule has 1 N–H and O–H groups in total. The normalized spacial score (nSPS) is 10.9. The quantitative estimate of drug-likeness (QED) is 0.629. The van der Waals surface area contributed by atoms with Crippen LogP contribution in [0.5, 0.6) is 0 Å². The molecule has 0 atom stereocenters. The molecule has 0 aliphatic heterocycles. The fourth-order valence-electron chi connectivity index (χ4n) is 0.943. The van der Waals surface area contributed by atoms with Crippen molar-refractivity contribution in [3.63, 3.8) is 0 Å². The molecule has 0 aliphatic carbocycles. The van der Waals surface area contributed by atoms with Crippen LogP contribution in [0, 0.1) is 0 Å². The van der Waals surface area contributed by atoms with Gasteiger partial charge in [-0.2, -0.15) is 11.8 Å². The van der Waals surface area contributed by atoms with Gasteiger partial charge in [0.2, 0.25) is 0 Å². The van der Waals surface area contributed by atoms with E-state index >= 15 is 0 Å². The van der Waals surface area contributed by atoms with Gasteiger partial charge in [0.15, 0.2) is 0 Å². The third kappa shape index (κ3) is 6.66. The minimum Gasteiger partial charge on any atom is -0.396 e. The van der Waals surface area contributed by atoms with Crippen LogP contribution in [0.15, 0.2) is 0 Å². The van der Waals surface area contributed by atoms with Gasteiger partial charge in [-0.05, 0) is 19.2 Å². The van der Waals surface area contributed by atoms with Crippen molar-refractivity contribution in [2.24, 2.45) is 0 Å². The van der Waals surface area contributed by atoms with Crippen LogP contribution >= 0.6 is 11.8 Å².